The number of rotatable bonds is 5. The van der Waals surface area contributed by atoms with Crippen molar-refractivity contribution in [2.75, 3.05) is 5.32 Å². The summed E-state index contributed by atoms with van der Waals surface area (Å²) >= 11 is 0. The second kappa shape index (κ2) is 7.11. The highest BCUT2D eigenvalue weighted by atomic mass is 16.4. The Kier molecular flexibility index (Phi) is 5.76. The lowest BCUT2D eigenvalue weighted by atomic mass is 10.0. The Morgan fingerprint density at radius 1 is 1.24 bits per heavy atom. The molecule has 5 nitrogen and oxygen atoms in total. The molecule has 0 aliphatic heterocycles. The average molecular weight is 292 g/mol. The van der Waals surface area contributed by atoms with Crippen molar-refractivity contribution >= 4 is 17.7 Å². The van der Waals surface area contributed by atoms with E-state index >= 15 is 0 Å². The van der Waals surface area contributed by atoms with E-state index in [0.29, 0.717) is 17.2 Å². The first-order chi connectivity index (χ1) is 9.76. The van der Waals surface area contributed by atoms with Crippen molar-refractivity contribution in [3.63, 3.8) is 0 Å². The Bertz CT molecular complexity index is 539. The lowest BCUT2D eigenvalue weighted by Crippen LogP contribution is -2.40. The van der Waals surface area contributed by atoms with E-state index in [1.54, 1.807) is 13.0 Å². The minimum absolute atomic E-state index is 0.0930. The molecule has 0 fully saturated rings. The summed E-state index contributed by atoms with van der Waals surface area (Å²) in [5.41, 5.74) is 2.25. The summed E-state index contributed by atoms with van der Waals surface area (Å²) in [6.45, 7) is 9.70. The first-order valence-corrected chi connectivity index (χ1v) is 7.18. The van der Waals surface area contributed by atoms with Gasteiger partial charge >= 0.3 is 12.0 Å². The predicted octanol–water partition coefficient (Wildman–Crippen LogP) is 3.56. The number of carboxylic acid groups (broad SMARTS) is 1. The summed E-state index contributed by atoms with van der Waals surface area (Å²) in [4.78, 5) is 23.2. The largest absolute Gasteiger partial charge is 0.478 e. The fourth-order valence-electron chi connectivity index (χ4n) is 2.23. The van der Waals surface area contributed by atoms with E-state index in [-0.39, 0.29) is 17.6 Å². The Hall–Kier alpha value is -2.04. The number of aromatic carboxylic acids is 1. The molecule has 2 amide bonds. The van der Waals surface area contributed by atoms with Crippen LogP contribution in [0.1, 0.15) is 48.7 Å². The zero-order valence-electron chi connectivity index (χ0n) is 13.3. The second-order valence-electron chi connectivity index (χ2n) is 5.63. The van der Waals surface area contributed by atoms with Gasteiger partial charge in [0.1, 0.15) is 0 Å². The maximum atomic E-state index is 12.0. The second-order valence-corrected chi connectivity index (χ2v) is 5.63. The van der Waals surface area contributed by atoms with Crippen molar-refractivity contribution in [3.05, 3.63) is 28.8 Å². The van der Waals surface area contributed by atoms with Crippen LogP contribution in [0.3, 0.4) is 0 Å². The smallest absolute Gasteiger partial charge is 0.336 e. The van der Waals surface area contributed by atoms with Crippen LogP contribution in [0.2, 0.25) is 0 Å². The van der Waals surface area contributed by atoms with Crippen LogP contribution < -0.4 is 10.6 Å². The van der Waals surface area contributed by atoms with E-state index in [0.717, 1.165) is 12.0 Å². The molecule has 1 rings (SSSR count). The van der Waals surface area contributed by atoms with Gasteiger partial charge < -0.3 is 15.7 Å². The Balaban J connectivity index is 2.88. The summed E-state index contributed by atoms with van der Waals surface area (Å²) in [6.07, 6.45) is 0.846. The van der Waals surface area contributed by atoms with Gasteiger partial charge in [-0.25, -0.2) is 9.59 Å². The van der Waals surface area contributed by atoms with Crippen LogP contribution in [0.4, 0.5) is 10.5 Å². The van der Waals surface area contributed by atoms with Gasteiger partial charge in [-0.1, -0.05) is 20.8 Å². The predicted molar refractivity (Wildman–Crippen MR) is 83.9 cm³/mol. The standard InChI is InChI=1S/C16H24N2O3/c1-6-14(9(2)3)18-16(21)17-12-7-10(4)11(5)13(8-12)15(19)20/h7-9,14H,6H2,1-5H3,(H,19,20)(H2,17,18,21). The van der Waals surface area contributed by atoms with Crippen molar-refractivity contribution in [2.24, 2.45) is 5.92 Å². The molecule has 21 heavy (non-hydrogen) atoms. The summed E-state index contributed by atoms with van der Waals surface area (Å²) in [6, 6.07) is 3.05. The van der Waals surface area contributed by atoms with Crippen molar-refractivity contribution in [2.45, 2.75) is 47.1 Å². The van der Waals surface area contributed by atoms with Crippen LogP contribution in [0.5, 0.6) is 0 Å². The molecule has 5 heteroatoms. The minimum Gasteiger partial charge on any atom is -0.478 e. The number of carboxylic acids is 1. The van der Waals surface area contributed by atoms with E-state index < -0.39 is 5.97 Å². The lowest BCUT2D eigenvalue weighted by molar-refractivity contribution is 0.0696. The van der Waals surface area contributed by atoms with E-state index in [2.05, 4.69) is 10.6 Å². The van der Waals surface area contributed by atoms with Crippen LogP contribution in [0.15, 0.2) is 12.1 Å². The van der Waals surface area contributed by atoms with Crippen LogP contribution in [-0.2, 0) is 0 Å². The maximum Gasteiger partial charge on any atom is 0.336 e. The molecule has 1 aromatic rings. The Morgan fingerprint density at radius 2 is 1.86 bits per heavy atom. The quantitative estimate of drug-likeness (QED) is 0.776. The number of benzene rings is 1. The fraction of sp³-hybridized carbons (Fsp3) is 0.500. The number of hydrogen-bond acceptors (Lipinski definition) is 2. The van der Waals surface area contributed by atoms with Crippen LogP contribution in [0.25, 0.3) is 0 Å². The van der Waals surface area contributed by atoms with Gasteiger partial charge in [-0.2, -0.15) is 0 Å². The normalized spacial score (nSPS) is 12.1. The van der Waals surface area contributed by atoms with Crippen LogP contribution >= 0.6 is 0 Å². The third kappa shape index (κ3) is 4.48. The van der Waals surface area contributed by atoms with Gasteiger partial charge in [0.2, 0.25) is 0 Å². The summed E-state index contributed by atoms with van der Waals surface area (Å²) in [7, 11) is 0. The SMILES string of the molecule is CCC(NC(=O)Nc1cc(C)c(C)c(C(=O)O)c1)C(C)C. The molecule has 0 bridgehead atoms. The number of urea groups is 1. The van der Waals surface area contributed by atoms with E-state index in [1.807, 2.05) is 27.7 Å². The van der Waals surface area contributed by atoms with E-state index in [9.17, 15) is 14.7 Å². The maximum absolute atomic E-state index is 12.0. The first kappa shape index (κ1) is 17.0. The zero-order chi connectivity index (χ0) is 16.2. The van der Waals surface area contributed by atoms with Crippen molar-refractivity contribution in [1.29, 1.82) is 0 Å². The third-order valence-corrected chi connectivity index (χ3v) is 3.72. The van der Waals surface area contributed by atoms with Crippen LogP contribution in [0, 0.1) is 19.8 Å². The highest BCUT2D eigenvalue weighted by Gasteiger charge is 2.15. The minimum atomic E-state index is -0.992. The molecule has 1 atom stereocenters. The number of aryl methyl sites for hydroxylation is 1. The van der Waals surface area contributed by atoms with Gasteiger partial charge in [-0.15, -0.1) is 0 Å². The first-order valence-electron chi connectivity index (χ1n) is 7.18. The monoisotopic (exact) mass is 292 g/mol. The zero-order valence-corrected chi connectivity index (χ0v) is 13.3. The molecule has 0 aromatic heterocycles. The number of amides is 2. The molecule has 0 aliphatic rings. The number of carbonyl (C=O) groups excluding carboxylic acids is 1. The highest BCUT2D eigenvalue weighted by molar-refractivity contribution is 5.94. The molecule has 0 radical (unpaired) electrons. The molecule has 1 aromatic carbocycles. The molecular weight excluding hydrogens is 268 g/mol. The topological polar surface area (TPSA) is 78.4 Å². The fourth-order valence-corrected chi connectivity index (χ4v) is 2.23. The summed E-state index contributed by atoms with van der Waals surface area (Å²) in [5, 5.41) is 14.8. The summed E-state index contributed by atoms with van der Waals surface area (Å²) < 4.78 is 0. The molecule has 116 valence electrons. The van der Waals surface area contributed by atoms with Crippen molar-refractivity contribution < 1.29 is 14.7 Å². The van der Waals surface area contributed by atoms with Crippen LogP contribution in [-0.4, -0.2) is 23.1 Å². The lowest BCUT2D eigenvalue weighted by Gasteiger charge is -2.21. The highest BCUT2D eigenvalue weighted by Crippen LogP contribution is 2.20. The third-order valence-electron chi connectivity index (χ3n) is 3.72. The van der Waals surface area contributed by atoms with E-state index in [1.165, 1.54) is 6.07 Å². The molecular formula is C16H24N2O3. The summed E-state index contributed by atoms with van der Waals surface area (Å²) in [5.74, 6) is -0.650. The number of nitrogens with one attached hydrogen (secondary N) is 2. The van der Waals surface area contributed by atoms with Gasteiger partial charge in [0.15, 0.2) is 0 Å². The van der Waals surface area contributed by atoms with Gasteiger partial charge in [-0.05, 0) is 49.4 Å². The molecule has 3 N–H and O–H groups in total. The number of anilines is 1. The number of carbonyl (C=O) groups is 2. The molecule has 0 aliphatic carbocycles. The Labute approximate surface area is 125 Å². The van der Waals surface area contributed by atoms with Gasteiger partial charge in [0.25, 0.3) is 0 Å². The van der Waals surface area contributed by atoms with Gasteiger partial charge in [-0.3, -0.25) is 0 Å². The van der Waals surface area contributed by atoms with Gasteiger partial charge in [0.05, 0.1) is 5.56 Å². The van der Waals surface area contributed by atoms with Gasteiger partial charge in [0, 0.05) is 11.7 Å². The van der Waals surface area contributed by atoms with Crippen molar-refractivity contribution in [1.82, 2.24) is 5.32 Å². The molecule has 0 heterocycles. The number of hydrogen-bond donors (Lipinski definition) is 3. The van der Waals surface area contributed by atoms with Crippen molar-refractivity contribution in [3.8, 4) is 0 Å². The van der Waals surface area contributed by atoms with E-state index in [4.69, 9.17) is 0 Å². The molecule has 0 saturated carbocycles. The molecule has 0 spiro atoms. The Morgan fingerprint density at radius 3 is 2.33 bits per heavy atom. The molecule has 0 saturated heterocycles. The molecule has 1 unspecified atom stereocenters. The average Bonchev–Trinajstić information content (AvgIpc) is 2.39.